The molecule has 8 heteroatoms. The topological polar surface area (TPSA) is 86.8 Å². The standard InChI is InChI=1S/C31H39N3O4S/c1-31(2,3)32-30(36)28(23-25-15-8-5-9-16-25)34(24-26-17-10-6-11-18-26)29(35)21-14-22-33(4)39(37,38)27-19-12-7-13-20-27/h5-13,15-20,28H,14,21-24H2,1-4H3,(H,32,36)/t28-/m0/s1. The molecule has 0 aromatic heterocycles. The van der Waals surface area contributed by atoms with Gasteiger partial charge in [0, 0.05) is 38.5 Å². The van der Waals surface area contributed by atoms with Crippen molar-refractivity contribution in [3.8, 4) is 0 Å². The van der Waals surface area contributed by atoms with Crippen LogP contribution in [0.2, 0.25) is 0 Å². The average molecular weight is 550 g/mol. The molecule has 0 spiro atoms. The van der Waals surface area contributed by atoms with Gasteiger partial charge in [0.1, 0.15) is 6.04 Å². The summed E-state index contributed by atoms with van der Waals surface area (Å²) in [5.41, 5.74) is 1.39. The minimum Gasteiger partial charge on any atom is -0.350 e. The highest BCUT2D eigenvalue weighted by Crippen LogP contribution is 2.19. The number of nitrogens with one attached hydrogen (secondary N) is 1. The van der Waals surface area contributed by atoms with E-state index >= 15 is 0 Å². The molecule has 0 heterocycles. The molecule has 1 atom stereocenters. The minimum absolute atomic E-state index is 0.107. The van der Waals surface area contributed by atoms with Gasteiger partial charge in [0.05, 0.1) is 4.90 Å². The Morgan fingerprint density at radius 3 is 1.87 bits per heavy atom. The van der Waals surface area contributed by atoms with Crippen LogP contribution in [0.5, 0.6) is 0 Å². The SMILES string of the molecule is CN(CCCC(=O)N(Cc1ccccc1)[C@@H](Cc1ccccc1)C(=O)NC(C)(C)C)S(=O)(=O)c1ccccc1. The number of amides is 2. The summed E-state index contributed by atoms with van der Waals surface area (Å²) < 4.78 is 27.1. The molecule has 1 N–H and O–H groups in total. The lowest BCUT2D eigenvalue weighted by molar-refractivity contribution is -0.142. The quantitative estimate of drug-likeness (QED) is 0.357. The molecule has 2 amide bonds. The first-order valence-corrected chi connectivity index (χ1v) is 14.6. The number of benzene rings is 3. The molecule has 3 aromatic carbocycles. The van der Waals surface area contributed by atoms with Crippen LogP contribution in [0.1, 0.15) is 44.7 Å². The Bertz CT molecular complexity index is 1310. The summed E-state index contributed by atoms with van der Waals surface area (Å²) in [6.45, 7) is 6.19. The van der Waals surface area contributed by atoms with Gasteiger partial charge in [-0.25, -0.2) is 12.7 Å². The summed E-state index contributed by atoms with van der Waals surface area (Å²) >= 11 is 0. The lowest BCUT2D eigenvalue weighted by atomic mass is 10.00. The largest absolute Gasteiger partial charge is 0.350 e. The van der Waals surface area contributed by atoms with E-state index in [0.29, 0.717) is 12.8 Å². The van der Waals surface area contributed by atoms with Gasteiger partial charge in [0.25, 0.3) is 0 Å². The summed E-state index contributed by atoms with van der Waals surface area (Å²) in [5, 5.41) is 3.05. The smallest absolute Gasteiger partial charge is 0.243 e. The Labute approximate surface area is 232 Å². The van der Waals surface area contributed by atoms with Crippen LogP contribution in [0.25, 0.3) is 0 Å². The van der Waals surface area contributed by atoms with Gasteiger partial charge in [-0.2, -0.15) is 0 Å². The molecule has 0 aliphatic heterocycles. The van der Waals surface area contributed by atoms with E-state index in [2.05, 4.69) is 5.32 Å². The molecule has 39 heavy (non-hydrogen) atoms. The highest BCUT2D eigenvalue weighted by molar-refractivity contribution is 7.89. The van der Waals surface area contributed by atoms with Crippen molar-refractivity contribution in [2.75, 3.05) is 13.6 Å². The molecule has 0 fully saturated rings. The number of hydrogen-bond donors (Lipinski definition) is 1. The van der Waals surface area contributed by atoms with Crippen LogP contribution in [0.3, 0.4) is 0 Å². The maximum absolute atomic E-state index is 13.7. The second kappa shape index (κ2) is 13.5. The van der Waals surface area contributed by atoms with E-state index in [-0.39, 0.29) is 36.2 Å². The highest BCUT2D eigenvalue weighted by atomic mass is 32.2. The van der Waals surface area contributed by atoms with Gasteiger partial charge >= 0.3 is 0 Å². The summed E-state index contributed by atoms with van der Waals surface area (Å²) in [6, 6.07) is 26.7. The normalized spacial score (nSPS) is 12.6. The third-order valence-electron chi connectivity index (χ3n) is 6.28. The van der Waals surface area contributed by atoms with Crippen molar-refractivity contribution in [2.45, 2.75) is 63.1 Å². The summed E-state index contributed by atoms with van der Waals surface area (Å²) in [5.74, 6) is -0.422. The van der Waals surface area contributed by atoms with Gasteiger partial charge in [-0.05, 0) is 50.5 Å². The number of rotatable bonds is 12. The van der Waals surface area contributed by atoms with Crippen LogP contribution in [0.4, 0.5) is 0 Å². The minimum atomic E-state index is -3.65. The van der Waals surface area contributed by atoms with Gasteiger partial charge in [0.2, 0.25) is 21.8 Å². The van der Waals surface area contributed by atoms with Crippen molar-refractivity contribution in [2.24, 2.45) is 0 Å². The van der Waals surface area contributed by atoms with E-state index in [1.807, 2.05) is 81.4 Å². The molecule has 3 rings (SSSR count). The van der Waals surface area contributed by atoms with Gasteiger partial charge < -0.3 is 10.2 Å². The van der Waals surface area contributed by atoms with Crippen LogP contribution < -0.4 is 5.32 Å². The average Bonchev–Trinajstić information content (AvgIpc) is 2.91. The third-order valence-corrected chi connectivity index (χ3v) is 8.15. The molecule has 0 unspecified atom stereocenters. The molecule has 3 aromatic rings. The Hall–Kier alpha value is -3.49. The lowest BCUT2D eigenvalue weighted by Gasteiger charge is -2.34. The molecular weight excluding hydrogens is 510 g/mol. The molecule has 0 radical (unpaired) electrons. The first-order chi connectivity index (χ1) is 18.5. The Balaban J connectivity index is 1.82. The van der Waals surface area contributed by atoms with Crippen molar-refractivity contribution in [3.63, 3.8) is 0 Å². The Morgan fingerprint density at radius 1 is 0.821 bits per heavy atom. The fourth-order valence-corrected chi connectivity index (χ4v) is 5.51. The number of hydrogen-bond acceptors (Lipinski definition) is 4. The second-order valence-electron chi connectivity index (χ2n) is 10.7. The second-order valence-corrected chi connectivity index (χ2v) is 12.7. The Kier molecular flexibility index (Phi) is 10.4. The van der Waals surface area contributed by atoms with E-state index in [4.69, 9.17) is 0 Å². The molecule has 0 saturated carbocycles. The molecule has 0 saturated heterocycles. The highest BCUT2D eigenvalue weighted by Gasteiger charge is 2.32. The first kappa shape index (κ1) is 30.1. The van der Waals surface area contributed by atoms with E-state index in [0.717, 1.165) is 11.1 Å². The monoisotopic (exact) mass is 549 g/mol. The number of nitrogens with zero attached hydrogens (tertiary/aromatic N) is 2. The van der Waals surface area contributed by atoms with Gasteiger partial charge in [-0.15, -0.1) is 0 Å². The zero-order valence-electron chi connectivity index (χ0n) is 23.2. The van der Waals surface area contributed by atoms with E-state index in [9.17, 15) is 18.0 Å². The molecule has 0 aliphatic carbocycles. The van der Waals surface area contributed by atoms with Crippen LogP contribution in [0.15, 0.2) is 95.9 Å². The van der Waals surface area contributed by atoms with Gasteiger partial charge in [-0.3, -0.25) is 9.59 Å². The predicted molar refractivity (Wildman–Crippen MR) is 154 cm³/mol. The molecule has 0 bridgehead atoms. The van der Waals surface area contributed by atoms with Gasteiger partial charge in [-0.1, -0.05) is 78.9 Å². The van der Waals surface area contributed by atoms with Crippen molar-refractivity contribution in [3.05, 3.63) is 102 Å². The zero-order valence-corrected chi connectivity index (χ0v) is 24.0. The van der Waals surface area contributed by atoms with Crippen LogP contribution in [-0.4, -0.2) is 54.6 Å². The fourth-order valence-electron chi connectivity index (χ4n) is 4.28. The van der Waals surface area contributed by atoms with Crippen LogP contribution in [0, 0.1) is 0 Å². The lowest BCUT2D eigenvalue weighted by Crippen LogP contribution is -2.54. The van der Waals surface area contributed by atoms with Crippen molar-refractivity contribution >= 4 is 21.8 Å². The van der Waals surface area contributed by atoms with Gasteiger partial charge in [0.15, 0.2) is 0 Å². The van der Waals surface area contributed by atoms with E-state index < -0.39 is 21.6 Å². The summed E-state index contributed by atoms with van der Waals surface area (Å²) in [6.07, 6.45) is 0.796. The van der Waals surface area contributed by atoms with Crippen LogP contribution in [-0.2, 0) is 32.6 Å². The maximum atomic E-state index is 13.7. The molecule has 0 aliphatic rings. The fraction of sp³-hybridized carbons (Fsp3) is 0.355. The molecule has 208 valence electrons. The number of carbonyl (C=O) groups is 2. The van der Waals surface area contributed by atoms with Crippen molar-refractivity contribution in [1.29, 1.82) is 0 Å². The first-order valence-electron chi connectivity index (χ1n) is 13.2. The number of sulfonamides is 1. The predicted octanol–water partition coefficient (Wildman–Crippen LogP) is 4.64. The maximum Gasteiger partial charge on any atom is 0.243 e. The zero-order chi connectivity index (χ0) is 28.5. The van der Waals surface area contributed by atoms with Crippen LogP contribution >= 0.6 is 0 Å². The molecule has 7 nitrogen and oxygen atoms in total. The Morgan fingerprint density at radius 2 is 1.33 bits per heavy atom. The third kappa shape index (κ3) is 9.04. The van der Waals surface area contributed by atoms with Crippen molar-refractivity contribution < 1.29 is 18.0 Å². The summed E-state index contributed by atoms with van der Waals surface area (Å²) in [4.78, 5) is 29.2. The van der Waals surface area contributed by atoms with E-state index in [1.54, 1.807) is 35.2 Å². The molecular formula is C31H39N3O4S. The van der Waals surface area contributed by atoms with E-state index in [1.165, 1.54) is 11.4 Å². The number of carbonyl (C=O) groups excluding carboxylic acids is 2. The van der Waals surface area contributed by atoms with Crippen molar-refractivity contribution in [1.82, 2.24) is 14.5 Å². The summed E-state index contributed by atoms with van der Waals surface area (Å²) in [7, 11) is -2.13.